The number of aromatic nitrogens is 2. The van der Waals surface area contributed by atoms with Crippen molar-refractivity contribution in [1.82, 2.24) is 10.2 Å². The van der Waals surface area contributed by atoms with Crippen LogP contribution in [-0.4, -0.2) is 33.1 Å². The van der Waals surface area contributed by atoms with Gasteiger partial charge in [0.15, 0.2) is 0 Å². The van der Waals surface area contributed by atoms with E-state index in [-0.39, 0.29) is 22.6 Å². The number of fused-ring (bicyclic) bond motifs is 1. The van der Waals surface area contributed by atoms with Crippen molar-refractivity contribution >= 4 is 33.9 Å². The molecule has 5 rings (SSSR count). The van der Waals surface area contributed by atoms with Gasteiger partial charge >= 0.3 is 5.91 Å². The van der Waals surface area contributed by atoms with Gasteiger partial charge in [-0.25, -0.2) is 4.39 Å². The van der Waals surface area contributed by atoms with Crippen LogP contribution in [0.3, 0.4) is 0 Å². The summed E-state index contributed by atoms with van der Waals surface area (Å²) in [5.41, 5.74) is 1.70. The first-order valence-corrected chi connectivity index (χ1v) is 10.8. The van der Waals surface area contributed by atoms with Crippen molar-refractivity contribution in [3.8, 4) is 5.75 Å². The Bertz CT molecular complexity index is 1280. The highest BCUT2D eigenvalue weighted by Gasteiger charge is 2.48. The fourth-order valence-electron chi connectivity index (χ4n) is 4.10. The van der Waals surface area contributed by atoms with Gasteiger partial charge in [-0.2, -0.15) is 0 Å². The Morgan fingerprint density at radius 2 is 1.94 bits per heavy atom. The first-order valence-electron chi connectivity index (χ1n) is 10.00. The van der Waals surface area contributed by atoms with E-state index in [0.717, 1.165) is 22.6 Å². The van der Waals surface area contributed by atoms with Crippen molar-refractivity contribution < 1.29 is 23.8 Å². The predicted octanol–water partition coefficient (Wildman–Crippen LogP) is 3.94. The maximum absolute atomic E-state index is 13.6. The first-order chi connectivity index (χ1) is 15.3. The standard InChI is InChI=1S/C23H18FN3O4S/c1-11-9-15-10-14(5-8-17(15)31-11)20(28)18-19(13-3-6-16(24)7-4-13)27(22(30)21(18)29)23-26-25-12(2)32-23/h3-8,10-11,19,28H,9H2,1-2H3/t11-,19+/m1/s1. The number of amides is 1. The van der Waals surface area contributed by atoms with Crippen molar-refractivity contribution in [2.75, 3.05) is 4.90 Å². The third kappa shape index (κ3) is 3.25. The van der Waals surface area contributed by atoms with E-state index in [1.165, 1.54) is 29.2 Å². The van der Waals surface area contributed by atoms with Gasteiger partial charge in [0.25, 0.3) is 5.78 Å². The largest absolute Gasteiger partial charge is 0.507 e. The van der Waals surface area contributed by atoms with Gasteiger partial charge < -0.3 is 9.84 Å². The number of ketones is 1. The summed E-state index contributed by atoms with van der Waals surface area (Å²) in [6.07, 6.45) is 0.698. The molecule has 1 amide bonds. The summed E-state index contributed by atoms with van der Waals surface area (Å²) in [5.74, 6) is -1.69. The zero-order chi connectivity index (χ0) is 22.6. The number of halogens is 1. The third-order valence-electron chi connectivity index (χ3n) is 5.52. The Morgan fingerprint density at radius 3 is 2.62 bits per heavy atom. The van der Waals surface area contributed by atoms with E-state index >= 15 is 0 Å². The van der Waals surface area contributed by atoms with E-state index < -0.39 is 23.5 Å². The highest BCUT2D eigenvalue weighted by molar-refractivity contribution is 7.15. The van der Waals surface area contributed by atoms with Gasteiger partial charge in [-0.05, 0) is 55.3 Å². The molecule has 1 saturated heterocycles. The number of anilines is 1. The lowest BCUT2D eigenvalue weighted by Crippen LogP contribution is -2.29. The molecule has 1 aromatic heterocycles. The lowest BCUT2D eigenvalue weighted by Gasteiger charge is -2.22. The molecule has 0 saturated carbocycles. The number of aliphatic hydroxyl groups is 1. The second-order valence-corrected chi connectivity index (χ2v) is 8.94. The first kappa shape index (κ1) is 20.3. The average molecular weight is 451 g/mol. The van der Waals surface area contributed by atoms with E-state index in [0.29, 0.717) is 22.6 Å². The molecule has 162 valence electrons. The number of hydrogen-bond acceptors (Lipinski definition) is 7. The molecule has 0 aliphatic carbocycles. The predicted molar refractivity (Wildman–Crippen MR) is 116 cm³/mol. The molecule has 2 atom stereocenters. The van der Waals surface area contributed by atoms with Crippen LogP contribution in [0.4, 0.5) is 9.52 Å². The number of aliphatic hydroxyl groups excluding tert-OH is 1. The number of carbonyl (C=O) groups is 2. The summed E-state index contributed by atoms with van der Waals surface area (Å²) in [4.78, 5) is 27.3. The summed E-state index contributed by atoms with van der Waals surface area (Å²) in [5, 5.41) is 20.0. The number of rotatable bonds is 3. The highest BCUT2D eigenvalue weighted by Crippen LogP contribution is 2.43. The minimum atomic E-state index is -0.966. The Kier molecular flexibility index (Phi) is 4.78. The molecule has 9 heteroatoms. The molecule has 2 aromatic carbocycles. The normalized spacial score (nSPS) is 21.7. The molecule has 3 heterocycles. The van der Waals surface area contributed by atoms with Gasteiger partial charge in [-0.3, -0.25) is 14.5 Å². The van der Waals surface area contributed by atoms with Crippen LogP contribution in [0, 0.1) is 12.7 Å². The summed E-state index contributed by atoms with van der Waals surface area (Å²) in [6, 6.07) is 9.64. The summed E-state index contributed by atoms with van der Waals surface area (Å²) < 4.78 is 19.3. The summed E-state index contributed by atoms with van der Waals surface area (Å²) >= 11 is 1.15. The molecule has 0 bridgehead atoms. The second kappa shape index (κ2) is 7.52. The van der Waals surface area contributed by atoms with E-state index in [2.05, 4.69) is 10.2 Å². The van der Waals surface area contributed by atoms with Crippen molar-refractivity contribution in [2.24, 2.45) is 0 Å². The molecular formula is C23H18FN3O4S. The summed E-state index contributed by atoms with van der Waals surface area (Å²) in [7, 11) is 0. The van der Waals surface area contributed by atoms with Gasteiger partial charge in [0.1, 0.15) is 28.4 Å². The molecule has 0 radical (unpaired) electrons. The lowest BCUT2D eigenvalue weighted by atomic mass is 9.94. The molecule has 7 nitrogen and oxygen atoms in total. The molecule has 3 aromatic rings. The van der Waals surface area contributed by atoms with Crippen LogP contribution < -0.4 is 9.64 Å². The van der Waals surface area contributed by atoms with Crippen LogP contribution in [0.25, 0.3) is 5.76 Å². The monoisotopic (exact) mass is 451 g/mol. The van der Waals surface area contributed by atoms with E-state index in [9.17, 15) is 19.1 Å². The van der Waals surface area contributed by atoms with Gasteiger partial charge in [0, 0.05) is 12.0 Å². The van der Waals surface area contributed by atoms with Crippen molar-refractivity contribution in [3.63, 3.8) is 0 Å². The summed E-state index contributed by atoms with van der Waals surface area (Å²) in [6.45, 7) is 3.68. The minimum absolute atomic E-state index is 0.0211. The topological polar surface area (TPSA) is 92.6 Å². The van der Waals surface area contributed by atoms with Crippen molar-refractivity contribution in [3.05, 3.63) is 75.6 Å². The maximum atomic E-state index is 13.6. The molecule has 1 fully saturated rings. The zero-order valence-electron chi connectivity index (χ0n) is 17.2. The number of Topliss-reactive ketones (excluding diaryl/α,β-unsaturated/α-hetero) is 1. The number of hydrogen-bond donors (Lipinski definition) is 1. The average Bonchev–Trinajstić information content (AvgIpc) is 3.43. The lowest BCUT2D eigenvalue weighted by molar-refractivity contribution is -0.132. The van der Waals surface area contributed by atoms with Gasteiger partial charge in [-0.1, -0.05) is 23.5 Å². The smallest absolute Gasteiger partial charge is 0.301 e. The van der Waals surface area contributed by atoms with Crippen LogP contribution in [0.15, 0.2) is 48.0 Å². The molecular weight excluding hydrogens is 433 g/mol. The Balaban J connectivity index is 1.68. The Labute approximate surface area is 186 Å². The SMILES string of the molecule is Cc1nnc(N2C(=O)C(=O)C(=C(O)c3ccc4c(c3)C[C@@H](C)O4)[C@@H]2c2ccc(F)cc2)s1. The molecule has 32 heavy (non-hydrogen) atoms. The van der Waals surface area contributed by atoms with Gasteiger partial charge in [-0.15, -0.1) is 10.2 Å². The molecule has 2 aliphatic heterocycles. The Morgan fingerprint density at radius 1 is 1.19 bits per heavy atom. The highest BCUT2D eigenvalue weighted by atomic mass is 32.1. The van der Waals surface area contributed by atoms with Gasteiger partial charge in [0.2, 0.25) is 5.13 Å². The van der Waals surface area contributed by atoms with Crippen LogP contribution in [0.5, 0.6) is 5.75 Å². The van der Waals surface area contributed by atoms with Gasteiger partial charge in [0.05, 0.1) is 11.6 Å². The molecule has 0 spiro atoms. The van der Waals surface area contributed by atoms with Crippen molar-refractivity contribution in [2.45, 2.75) is 32.4 Å². The number of nitrogens with zero attached hydrogens (tertiary/aromatic N) is 3. The van der Waals surface area contributed by atoms with Crippen LogP contribution in [-0.2, 0) is 16.0 Å². The molecule has 2 aliphatic rings. The number of carbonyl (C=O) groups excluding carboxylic acids is 2. The quantitative estimate of drug-likeness (QED) is 0.368. The van der Waals surface area contributed by atoms with Crippen LogP contribution >= 0.6 is 11.3 Å². The van der Waals surface area contributed by atoms with Crippen LogP contribution in [0.2, 0.25) is 0 Å². The van der Waals surface area contributed by atoms with E-state index in [4.69, 9.17) is 4.74 Å². The Hall–Kier alpha value is -3.59. The van der Waals surface area contributed by atoms with E-state index in [1.807, 2.05) is 6.92 Å². The number of benzene rings is 2. The maximum Gasteiger partial charge on any atom is 0.301 e. The fourth-order valence-corrected chi connectivity index (χ4v) is 4.81. The minimum Gasteiger partial charge on any atom is -0.507 e. The number of ether oxygens (including phenoxy) is 1. The second-order valence-electron chi connectivity index (χ2n) is 7.78. The van der Waals surface area contributed by atoms with Crippen molar-refractivity contribution in [1.29, 1.82) is 0 Å². The molecule has 1 N–H and O–H groups in total. The zero-order valence-corrected chi connectivity index (χ0v) is 18.0. The molecule has 0 unspecified atom stereocenters. The third-order valence-corrected chi connectivity index (χ3v) is 6.36. The van der Waals surface area contributed by atoms with Crippen LogP contribution in [0.1, 0.15) is 34.7 Å². The number of aryl methyl sites for hydroxylation is 1. The van der Waals surface area contributed by atoms with E-state index in [1.54, 1.807) is 25.1 Å². The fraction of sp³-hybridized carbons (Fsp3) is 0.217.